The van der Waals surface area contributed by atoms with Gasteiger partial charge in [0, 0.05) is 32.7 Å². The SMILES string of the molecule is O=C(CSc1ccc(Br)cc1)NCc1nc(-c2ccncc2)cs1. The van der Waals surface area contributed by atoms with E-state index in [4.69, 9.17) is 0 Å². The molecule has 2 heterocycles. The highest BCUT2D eigenvalue weighted by Gasteiger charge is 2.07. The van der Waals surface area contributed by atoms with Crippen molar-refractivity contribution in [2.75, 3.05) is 5.75 Å². The molecule has 0 unspecified atom stereocenters. The van der Waals surface area contributed by atoms with Crippen LogP contribution in [0.3, 0.4) is 0 Å². The minimum Gasteiger partial charge on any atom is -0.349 e. The molecule has 0 spiro atoms. The predicted molar refractivity (Wildman–Crippen MR) is 102 cm³/mol. The molecule has 0 aliphatic carbocycles. The van der Waals surface area contributed by atoms with E-state index < -0.39 is 0 Å². The lowest BCUT2D eigenvalue weighted by Crippen LogP contribution is -2.24. The number of nitrogens with zero attached hydrogens (tertiary/aromatic N) is 2. The molecule has 1 aromatic carbocycles. The zero-order chi connectivity index (χ0) is 16.8. The monoisotopic (exact) mass is 419 g/mol. The molecule has 0 radical (unpaired) electrons. The molecule has 4 nitrogen and oxygen atoms in total. The fourth-order valence-electron chi connectivity index (χ4n) is 1.95. The lowest BCUT2D eigenvalue weighted by Gasteiger charge is -2.03. The summed E-state index contributed by atoms with van der Waals surface area (Å²) >= 11 is 6.46. The lowest BCUT2D eigenvalue weighted by atomic mass is 10.2. The Labute approximate surface area is 156 Å². The number of aromatic nitrogens is 2. The van der Waals surface area contributed by atoms with Crippen molar-refractivity contribution in [1.82, 2.24) is 15.3 Å². The van der Waals surface area contributed by atoms with Crippen LogP contribution in [0, 0.1) is 0 Å². The van der Waals surface area contributed by atoms with Crippen molar-refractivity contribution in [3.8, 4) is 11.3 Å². The number of halogens is 1. The Kier molecular flexibility index (Phi) is 6.01. The second-order valence-electron chi connectivity index (χ2n) is 4.88. The average Bonchev–Trinajstić information content (AvgIpc) is 3.09. The summed E-state index contributed by atoms with van der Waals surface area (Å²) in [7, 11) is 0. The third-order valence-electron chi connectivity index (χ3n) is 3.15. The van der Waals surface area contributed by atoms with Gasteiger partial charge in [-0.2, -0.15) is 0 Å². The van der Waals surface area contributed by atoms with E-state index in [1.165, 1.54) is 11.8 Å². The molecule has 0 fully saturated rings. The van der Waals surface area contributed by atoms with Gasteiger partial charge in [-0.25, -0.2) is 4.98 Å². The maximum absolute atomic E-state index is 12.0. The van der Waals surface area contributed by atoms with Gasteiger partial charge >= 0.3 is 0 Å². The van der Waals surface area contributed by atoms with Crippen molar-refractivity contribution < 1.29 is 4.79 Å². The Morgan fingerprint density at radius 3 is 2.67 bits per heavy atom. The second kappa shape index (κ2) is 8.41. The van der Waals surface area contributed by atoms with Crippen LogP contribution >= 0.6 is 39.0 Å². The van der Waals surface area contributed by atoms with Gasteiger partial charge in [-0.15, -0.1) is 23.1 Å². The molecule has 3 rings (SSSR count). The molecule has 0 atom stereocenters. The van der Waals surface area contributed by atoms with Crippen LogP contribution in [0.2, 0.25) is 0 Å². The first kappa shape index (κ1) is 17.1. The Hall–Kier alpha value is -1.70. The van der Waals surface area contributed by atoms with Gasteiger partial charge in [0.2, 0.25) is 5.91 Å². The standard InChI is InChI=1S/C17H14BrN3OS2/c18-13-1-3-14(4-2-13)23-11-16(22)20-9-17-21-15(10-24-17)12-5-7-19-8-6-12/h1-8,10H,9,11H2,(H,20,22). The van der Waals surface area contributed by atoms with E-state index in [2.05, 4.69) is 31.2 Å². The maximum Gasteiger partial charge on any atom is 0.230 e. The van der Waals surface area contributed by atoms with Crippen LogP contribution < -0.4 is 5.32 Å². The number of benzene rings is 1. The number of carbonyl (C=O) groups excluding carboxylic acids is 1. The van der Waals surface area contributed by atoms with Crippen LogP contribution in [-0.2, 0) is 11.3 Å². The zero-order valence-electron chi connectivity index (χ0n) is 12.6. The normalized spacial score (nSPS) is 10.5. The number of rotatable bonds is 6. The van der Waals surface area contributed by atoms with E-state index in [9.17, 15) is 4.79 Å². The van der Waals surface area contributed by atoms with Crippen LogP contribution in [0.4, 0.5) is 0 Å². The molecular weight excluding hydrogens is 406 g/mol. The van der Waals surface area contributed by atoms with Gasteiger partial charge in [0.25, 0.3) is 0 Å². The molecule has 1 N–H and O–H groups in total. The van der Waals surface area contributed by atoms with Crippen molar-refractivity contribution in [2.45, 2.75) is 11.4 Å². The maximum atomic E-state index is 12.0. The van der Waals surface area contributed by atoms with Crippen molar-refractivity contribution in [3.63, 3.8) is 0 Å². The lowest BCUT2D eigenvalue weighted by molar-refractivity contribution is -0.118. The van der Waals surface area contributed by atoms with Gasteiger partial charge in [-0.05, 0) is 36.4 Å². The summed E-state index contributed by atoms with van der Waals surface area (Å²) in [4.78, 5) is 21.6. The van der Waals surface area contributed by atoms with E-state index in [1.807, 2.05) is 41.8 Å². The van der Waals surface area contributed by atoms with Crippen molar-refractivity contribution in [2.24, 2.45) is 0 Å². The highest BCUT2D eigenvalue weighted by Crippen LogP contribution is 2.22. The van der Waals surface area contributed by atoms with Gasteiger partial charge in [0.05, 0.1) is 18.0 Å². The number of amides is 1. The van der Waals surface area contributed by atoms with Gasteiger partial charge in [-0.3, -0.25) is 9.78 Å². The van der Waals surface area contributed by atoms with Crippen molar-refractivity contribution in [1.29, 1.82) is 0 Å². The number of carbonyl (C=O) groups is 1. The van der Waals surface area contributed by atoms with Gasteiger partial charge in [0.15, 0.2) is 0 Å². The number of pyridine rings is 1. The summed E-state index contributed by atoms with van der Waals surface area (Å²) in [6.07, 6.45) is 3.49. The molecule has 7 heteroatoms. The summed E-state index contributed by atoms with van der Waals surface area (Å²) in [5, 5.41) is 5.80. The molecule has 0 aliphatic rings. The minimum atomic E-state index is 0.00331. The van der Waals surface area contributed by atoms with Crippen molar-refractivity contribution >= 4 is 44.9 Å². The highest BCUT2D eigenvalue weighted by molar-refractivity contribution is 9.10. The summed E-state index contributed by atoms with van der Waals surface area (Å²) < 4.78 is 1.03. The third kappa shape index (κ3) is 4.90. The van der Waals surface area contributed by atoms with Crippen LogP contribution in [0.5, 0.6) is 0 Å². The molecule has 1 amide bonds. The van der Waals surface area contributed by atoms with Crippen LogP contribution in [0.15, 0.2) is 63.5 Å². The quantitative estimate of drug-likeness (QED) is 0.602. The number of nitrogens with one attached hydrogen (secondary N) is 1. The van der Waals surface area contributed by atoms with Crippen LogP contribution in [0.1, 0.15) is 5.01 Å². The number of thiazole rings is 1. The average molecular weight is 420 g/mol. The van der Waals surface area contributed by atoms with Gasteiger partial charge < -0.3 is 5.32 Å². The van der Waals surface area contributed by atoms with E-state index in [-0.39, 0.29) is 5.91 Å². The first-order chi connectivity index (χ1) is 11.7. The first-order valence-corrected chi connectivity index (χ1v) is 9.86. The Morgan fingerprint density at radius 1 is 1.17 bits per heavy atom. The summed E-state index contributed by atoms with van der Waals surface area (Å²) in [6.45, 7) is 0.454. The number of hydrogen-bond acceptors (Lipinski definition) is 5. The Balaban J connectivity index is 1.48. The van der Waals surface area contributed by atoms with E-state index in [0.717, 1.165) is 25.6 Å². The van der Waals surface area contributed by atoms with E-state index in [0.29, 0.717) is 12.3 Å². The smallest absolute Gasteiger partial charge is 0.230 e. The summed E-state index contributed by atoms with van der Waals surface area (Å²) in [5.74, 6) is 0.396. The largest absolute Gasteiger partial charge is 0.349 e. The molecular formula is C17H14BrN3OS2. The number of thioether (sulfide) groups is 1. The third-order valence-corrected chi connectivity index (χ3v) is 5.54. The molecule has 24 heavy (non-hydrogen) atoms. The first-order valence-electron chi connectivity index (χ1n) is 7.20. The number of hydrogen-bond donors (Lipinski definition) is 1. The summed E-state index contributed by atoms with van der Waals surface area (Å²) in [6, 6.07) is 11.8. The van der Waals surface area contributed by atoms with E-state index >= 15 is 0 Å². The predicted octanol–water partition coefficient (Wildman–Crippen LogP) is 4.38. The Bertz CT molecular complexity index is 806. The molecule has 3 aromatic rings. The molecule has 122 valence electrons. The molecule has 0 saturated carbocycles. The topological polar surface area (TPSA) is 54.9 Å². The van der Waals surface area contributed by atoms with Gasteiger partial charge in [0.1, 0.15) is 5.01 Å². The molecule has 0 aliphatic heterocycles. The second-order valence-corrected chi connectivity index (χ2v) is 7.79. The van der Waals surface area contributed by atoms with Crippen LogP contribution in [-0.4, -0.2) is 21.6 Å². The molecule has 0 saturated heterocycles. The highest BCUT2D eigenvalue weighted by atomic mass is 79.9. The molecule has 0 bridgehead atoms. The van der Waals surface area contributed by atoms with Gasteiger partial charge in [-0.1, -0.05) is 15.9 Å². The fourth-order valence-corrected chi connectivity index (χ4v) is 3.69. The fraction of sp³-hybridized carbons (Fsp3) is 0.118. The summed E-state index contributed by atoms with van der Waals surface area (Å²) in [5.41, 5.74) is 1.94. The van der Waals surface area contributed by atoms with Crippen molar-refractivity contribution in [3.05, 3.63) is 63.7 Å². The van der Waals surface area contributed by atoms with Crippen LogP contribution in [0.25, 0.3) is 11.3 Å². The minimum absolute atomic E-state index is 0.00331. The molecule has 2 aromatic heterocycles. The zero-order valence-corrected chi connectivity index (χ0v) is 15.8. The Morgan fingerprint density at radius 2 is 1.92 bits per heavy atom. The van der Waals surface area contributed by atoms with E-state index in [1.54, 1.807) is 23.7 Å².